The normalized spacial score (nSPS) is 18.7. The number of aryl methyl sites for hydroxylation is 1. The van der Waals surface area contributed by atoms with Crippen molar-refractivity contribution in [2.45, 2.75) is 83.6 Å². The van der Waals surface area contributed by atoms with Crippen molar-refractivity contribution < 1.29 is 26.7 Å². The van der Waals surface area contributed by atoms with Crippen LogP contribution in [0.5, 0.6) is 6.01 Å². The summed E-state index contributed by atoms with van der Waals surface area (Å²) >= 11 is 0. The van der Waals surface area contributed by atoms with Crippen molar-refractivity contribution in [2.75, 3.05) is 37.5 Å². The average Bonchev–Trinajstić information content (AvgIpc) is 3.60. The van der Waals surface area contributed by atoms with Crippen LogP contribution in [-0.2, 0) is 6.42 Å². The number of anilines is 2. The number of nitrogen functional groups attached to an aromatic ring is 1. The first-order chi connectivity index (χ1) is 23.9. The molecule has 7 rings (SSSR count). The third kappa shape index (κ3) is 6.88. The highest BCUT2D eigenvalue weighted by Gasteiger charge is 2.45. The van der Waals surface area contributed by atoms with Crippen LogP contribution >= 0.6 is 0 Å². The molecule has 4 N–H and O–H groups in total. The molecule has 8 nitrogen and oxygen atoms in total. The van der Waals surface area contributed by atoms with Crippen molar-refractivity contribution in [3.63, 3.8) is 0 Å². The lowest BCUT2D eigenvalue weighted by Gasteiger charge is -2.31. The summed E-state index contributed by atoms with van der Waals surface area (Å²) < 4.78 is 75.7. The molecule has 0 saturated carbocycles. The van der Waals surface area contributed by atoms with Gasteiger partial charge in [0.15, 0.2) is 23.7 Å². The molecule has 3 aliphatic heterocycles. The van der Waals surface area contributed by atoms with Gasteiger partial charge in [0.1, 0.15) is 30.4 Å². The Labute approximate surface area is 288 Å². The summed E-state index contributed by atoms with van der Waals surface area (Å²) in [4.78, 5) is 16.4. The number of hydrogen-bond donors (Lipinski definition) is 3. The lowest BCUT2D eigenvalue weighted by molar-refractivity contribution is 0.108. The van der Waals surface area contributed by atoms with E-state index in [-0.39, 0.29) is 62.3 Å². The number of hydrogen-bond acceptors (Lipinski definition) is 8. The van der Waals surface area contributed by atoms with Gasteiger partial charge in [0.25, 0.3) is 0 Å². The first-order valence-electron chi connectivity index (χ1n) is 17.1. The van der Waals surface area contributed by atoms with Crippen molar-refractivity contribution in [1.82, 2.24) is 25.2 Å². The molecule has 13 heteroatoms. The quantitative estimate of drug-likeness (QED) is 0.0758. The molecule has 2 atom stereocenters. The van der Waals surface area contributed by atoms with Gasteiger partial charge >= 0.3 is 6.01 Å². The Bertz CT molecular complexity index is 1940. The summed E-state index contributed by atoms with van der Waals surface area (Å²) in [5, 5.41) is 6.30. The van der Waals surface area contributed by atoms with Gasteiger partial charge < -0.3 is 15.8 Å². The molecule has 0 amide bonds. The number of nitrogens with two attached hydrogens (primary N) is 1. The van der Waals surface area contributed by atoms with Gasteiger partial charge in [0, 0.05) is 22.7 Å². The maximum atomic E-state index is 16.6. The summed E-state index contributed by atoms with van der Waals surface area (Å²) in [5.41, 5.74) is 6.73. The molecule has 50 heavy (non-hydrogen) atoms. The second-order valence-corrected chi connectivity index (χ2v) is 13.9. The highest BCUT2D eigenvalue weighted by molar-refractivity contribution is 6.04. The molecule has 266 valence electrons. The number of fused-ring (bicyclic) bond motifs is 2. The number of pyridine rings is 1. The molecule has 2 saturated heterocycles. The number of ether oxygens (including phenoxy) is 1. The molecule has 0 spiro atoms. The Balaban J connectivity index is 0.000000426. The van der Waals surface area contributed by atoms with Gasteiger partial charge in [-0.25, -0.2) is 26.9 Å². The van der Waals surface area contributed by atoms with Crippen molar-refractivity contribution in [3.8, 4) is 29.6 Å². The van der Waals surface area contributed by atoms with Gasteiger partial charge in [0.2, 0.25) is 0 Å². The van der Waals surface area contributed by atoms with Crippen LogP contribution in [0, 0.1) is 35.7 Å². The SMILES string of the molecule is C#Cc1c(F)c(F)cc2cc(N)cc(-c3nc4c5c(nc(OCC67CCCN6CCC7)nc5c3F)NC(C)CC4)c12.CC(C)CC(F)NCF. The number of benzene rings is 2. The van der Waals surface area contributed by atoms with Crippen LogP contribution in [0.1, 0.15) is 70.6 Å². The topological polar surface area (TPSA) is 101 Å². The van der Waals surface area contributed by atoms with Crippen LogP contribution in [0.4, 0.5) is 33.5 Å². The van der Waals surface area contributed by atoms with E-state index in [1.165, 1.54) is 12.1 Å². The predicted molar refractivity (Wildman–Crippen MR) is 186 cm³/mol. The molecular formula is C37H42F5N7O. The molecule has 2 unspecified atom stereocenters. The summed E-state index contributed by atoms with van der Waals surface area (Å²) in [6.45, 7) is 7.56. The average molecular weight is 696 g/mol. The van der Waals surface area contributed by atoms with E-state index in [1.54, 1.807) is 0 Å². The molecule has 0 aliphatic carbocycles. The van der Waals surface area contributed by atoms with Gasteiger partial charge in [0.05, 0.1) is 22.2 Å². The van der Waals surface area contributed by atoms with Gasteiger partial charge in [-0.3, -0.25) is 10.2 Å². The minimum Gasteiger partial charge on any atom is -0.461 e. The molecular weight excluding hydrogens is 653 g/mol. The fourth-order valence-electron chi connectivity index (χ4n) is 7.48. The Morgan fingerprint density at radius 3 is 2.52 bits per heavy atom. The van der Waals surface area contributed by atoms with Gasteiger partial charge in [-0.1, -0.05) is 19.8 Å². The summed E-state index contributed by atoms with van der Waals surface area (Å²) in [6, 6.07) is 4.09. The zero-order valence-corrected chi connectivity index (χ0v) is 28.5. The summed E-state index contributed by atoms with van der Waals surface area (Å²) in [7, 11) is 0. The summed E-state index contributed by atoms with van der Waals surface area (Å²) in [6.07, 6.45) is 10.4. The zero-order chi connectivity index (χ0) is 35.7. The monoisotopic (exact) mass is 695 g/mol. The van der Waals surface area contributed by atoms with Gasteiger partial charge in [-0.2, -0.15) is 9.97 Å². The Morgan fingerprint density at radius 1 is 1.10 bits per heavy atom. The molecule has 0 bridgehead atoms. The van der Waals surface area contributed by atoms with E-state index >= 15 is 4.39 Å². The van der Waals surface area contributed by atoms with Crippen molar-refractivity contribution in [2.24, 2.45) is 5.92 Å². The van der Waals surface area contributed by atoms with Gasteiger partial charge in [-0.15, -0.1) is 6.42 Å². The smallest absolute Gasteiger partial charge is 0.319 e. The van der Waals surface area contributed by atoms with E-state index in [0.717, 1.165) is 44.8 Å². The van der Waals surface area contributed by atoms with Crippen molar-refractivity contribution >= 4 is 33.2 Å². The number of terminal acetylenes is 1. The number of halogens is 5. The van der Waals surface area contributed by atoms with Crippen LogP contribution in [0.15, 0.2) is 18.2 Å². The van der Waals surface area contributed by atoms with Crippen LogP contribution in [-0.4, -0.2) is 64.2 Å². The van der Waals surface area contributed by atoms with E-state index in [1.807, 2.05) is 26.1 Å². The zero-order valence-electron chi connectivity index (χ0n) is 28.5. The number of alkyl halides is 2. The molecule has 4 aromatic rings. The van der Waals surface area contributed by atoms with Crippen molar-refractivity contribution in [3.05, 3.63) is 46.9 Å². The van der Waals surface area contributed by atoms with E-state index in [0.29, 0.717) is 42.8 Å². The number of aromatic nitrogens is 3. The minimum absolute atomic E-state index is 0.0360. The Hall–Kier alpha value is -4.28. The van der Waals surface area contributed by atoms with Crippen molar-refractivity contribution in [1.29, 1.82) is 0 Å². The fourth-order valence-corrected chi connectivity index (χ4v) is 7.48. The van der Waals surface area contributed by atoms with Crippen LogP contribution in [0.3, 0.4) is 0 Å². The van der Waals surface area contributed by atoms with E-state index in [2.05, 4.69) is 26.1 Å². The molecule has 3 aliphatic rings. The number of rotatable bonds is 8. The maximum Gasteiger partial charge on any atom is 0.319 e. The maximum absolute atomic E-state index is 16.6. The number of nitrogens with zero attached hydrogens (tertiary/aromatic N) is 4. The van der Waals surface area contributed by atoms with E-state index < -0.39 is 30.5 Å². The highest BCUT2D eigenvalue weighted by Crippen LogP contribution is 2.42. The molecule has 0 radical (unpaired) electrons. The minimum atomic E-state index is -1.19. The third-order valence-electron chi connectivity index (χ3n) is 9.85. The molecule has 2 aromatic carbocycles. The lowest BCUT2D eigenvalue weighted by atomic mass is 9.94. The van der Waals surface area contributed by atoms with Crippen LogP contribution in [0.2, 0.25) is 0 Å². The second-order valence-electron chi connectivity index (χ2n) is 13.9. The van der Waals surface area contributed by atoms with Crippen LogP contribution < -0.4 is 21.1 Å². The number of nitrogens with one attached hydrogen (secondary N) is 2. The third-order valence-corrected chi connectivity index (χ3v) is 9.85. The van der Waals surface area contributed by atoms with Gasteiger partial charge in [-0.05, 0) is 94.5 Å². The Morgan fingerprint density at radius 2 is 1.84 bits per heavy atom. The molecule has 2 fully saturated rings. The van der Waals surface area contributed by atoms with E-state index in [9.17, 15) is 17.6 Å². The lowest BCUT2D eigenvalue weighted by Crippen LogP contribution is -2.43. The predicted octanol–water partition coefficient (Wildman–Crippen LogP) is 7.42. The van der Waals surface area contributed by atoms with Crippen LogP contribution in [0.25, 0.3) is 32.9 Å². The first-order valence-corrected chi connectivity index (χ1v) is 17.1. The first kappa shape index (κ1) is 35.5. The highest BCUT2D eigenvalue weighted by atomic mass is 19.2. The largest absolute Gasteiger partial charge is 0.461 e. The molecule has 5 heterocycles. The standard InChI is InChI=1S/C31H29F3N6O.C6H13F2N/c1-3-19-23-17(13-21(32)25(19)33)12-18(35)14-20(23)27-26(34)28-24-22(37-27)7-6-16(2)36-29(24)39-30(38-28)41-15-31-8-4-10-40(31)11-5-9-31;1-5(2)3-6(8)9-4-7/h1,12-14,16H,4-11,15,35H2,2H3,(H,36,38,39);5-6,9H,3-4H2,1-2H3. The molecule has 2 aromatic heterocycles. The fraction of sp³-hybridized carbons (Fsp3) is 0.486. The summed E-state index contributed by atoms with van der Waals surface area (Å²) in [5.74, 6) is -0.0598. The Kier molecular flexibility index (Phi) is 10.3. The second kappa shape index (κ2) is 14.5. The van der Waals surface area contributed by atoms with E-state index in [4.69, 9.17) is 21.9 Å².